The molecule has 0 aliphatic heterocycles. The van der Waals surface area contributed by atoms with Gasteiger partial charge in [-0.05, 0) is 37.0 Å². The Balaban J connectivity index is 2.53. The van der Waals surface area contributed by atoms with Crippen molar-refractivity contribution in [2.75, 3.05) is 32.8 Å². The molecule has 182 valence electrons. The maximum Gasteiger partial charge on any atom is 0.333 e. The predicted octanol–water partition coefficient (Wildman–Crippen LogP) is 4.74. The molecule has 1 unspecified atom stereocenters. The van der Waals surface area contributed by atoms with Crippen molar-refractivity contribution in [3.05, 3.63) is 29.8 Å². The molecule has 0 aromatic heterocycles. The monoisotopic (exact) mass is 450 g/mol. The van der Waals surface area contributed by atoms with Crippen molar-refractivity contribution in [2.45, 2.75) is 72.3 Å². The summed E-state index contributed by atoms with van der Waals surface area (Å²) >= 11 is 0. The van der Waals surface area contributed by atoms with E-state index in [1.807, 2.05) is 29.2 Å². The summed E-state index contributed by atoms with van der Waals surface area (Å²) < 4.78 is 11.1. The molecule has 32 heavy (non-hydrogen) atoms. The summed E-state index contributed by atoms with van der Waals surface area (Å²) in [5.74, 6) is 0.142. The SMILES string of the molecule is CCCCCCCN(CCOc1ccc(CC(OCC)C(=O)O)cc1)C(=O)NCC(C)C. The lowest BCUT2D eigenvalue weighted by Crippen LogP contribution is -2.43. The lowest BCUT2D eigenvalue weighted by molar-refractivity contribution is -0.149. The zero-order chi connectivity index (χ0) is 23.8. The van der Waals surface area contributed by atoms with E-state index in [9.17, 15) is 14.7 Å². The molecule has 1 aromatic carbocycles. The van der Waals surface area contributed by atoms with E-state index in [1.54, 1.807) is 6.92 Å². The first-order valence-corrected chi connectivity index (χ1v) is 12.0. The van der Waals surface area contributed by atoms with Crippen molar-refractivity contribution < 1.29 is 24.2 Å². The number of carbonyl (C=O) groups excluding carboxylic acids is 1. The van der Waals surface area contributed by atoms with Crippen LogP contribution in [0, 0.1) is 5.92 Å². The number of aliphatic carboxylic acids is 1. The van der Waals surface area contributed by atoms with E-state index in [-0.39, 0.29) is 6.03 Å². The Bertz CT molecular complexity index is 648. The second kappa shape index (κ2) is 16.4. The van der Waals surface area contributed by atoms with Gasteiger partial charge in [0, 0.05) is 26.1 Å². The van der Waals surface area contributed by atoms with Crippen molar-refractivity contribution in [3.8, 4) is 5.75 Å². The van der Waals surface area contributed by atoms with Gasteiger partial charge in [0.15, 0.2) is 6.10 Å². The van der Waals surface area contributed by atoms with Crippen LogP contribution in [-0.2, 0) is 16.0 Å². The maximum absolute atomic E-state index is 12.6. The number of benzene rings is 1. The standard InChI is InChI=1S/C25H42N2O5/c1-5-7-8-9-10-15-27(25(30)26-19-20(3)4)16-17-32-22-13-11-21(12-14-22)18-23(24(28)29)31-6-2/h11-14,20,23H,5-10,15-19H2,1-4H3,(H,26,30)(H,28,29). The number of hydrogen-bond acceptors (Lipinski definition) is 4. The first-order chi connectivity index (χ1) is 15.4. The zero-order valence-electron chi connectivity index (χ0n) is 20.3. The van der Waals surface area contributed by atoms with E-state index in [0.29, 0.717) is 44.4 Å². The topological polar surface area (TPSA) is 88.1 Å². The van der Waals surface area contributed by atoms with Crippen molar-refractivity contribution >= 4 is 12.0 Å². The second-order valence-corrected chi connectivity index (χ2v) is 8.46. The van der Waals surface area contributed by atoms with E-state index < -0.39 is 12.1 Å². The summed E-state index contributed by atoms with van der Waals surface area (Å²) in [6, 6.07) is 7.32. The van der Waals surface area contributed by atoms with Crippen molar-refractivity contribution in [2.24, 2.45) is 5.92 Å². The molecule has 7 nitrogen and oxygen atoms in total. The van der Waals surface area contributed by atoms with E-state index >= 15 is 0 Å². The number of amides is 2. The molecule has 0 bridgehead atoms. The van der Waals surface area contributed by atoms with E-state index in [4.69, 9.17) is 9.47 Å². The van der Waals surface area contributed by atoms with Crippen molar-refractivity contribution in [3.63, 3.8) is 0 Å². The van der Waals surface area contributed by atoms with Gasteiger partial charge in [0.05, 0.1) is 6.54 Å². The highest BCUT2D eigenvalue weighted by molar-refractivity contribution is 5.74. The number of rotatable bonds is 17. The number of urea groups is 1. The number of nitrogens with one attached hydrogen (secondary N) is 1. The number of carboxylic acid groups (broad SMARTS) is 1. The lowest BCUT2D eigenvalue weighted by Gasteiger charge is -2.24. The zero-order valence-corrected chi connectivity index (χ0v) is 20.3. The minimum absolute atomic E-state index is 0.0382. The third-order valence-corrected chi connectivity index (χ3v) is 5.10. The quantitative estimate of drug-likeness (QED) is 0.335. The molecule has 1 atom stereocenters. The molecule has 7 heteroatoms. The van der Waals surface area contributed by atoms with Gasteiger partial charge in [-0.3, -0.25) is 0 Å². The van der Waals surface area contributed by atoms with Gasteiger partial charge in [-0.15, -0.1) is 0 Å². The maximum atomic E-state index is 12.6. The highest BCUT2D eigenvalue weighted by Crippen LogP contribution is 2.15. The van der Waals surface area contributed by atoms with Gasteiger partial charge in [0.2, 0.25) is 0 Å². The fraction of sp³-hybridized carbons (Fsp3) is 0.680. The average Bonchev–Trinajstić information content (AvgIpc) is 2.76. The molecular weight excluding hydrogens is 408 g/mol. The summed E-state index contributed by atoms with van der Waals surface area (Å²) in [4.78, 5) is 25.6. The number of hydrogen-bond donors (Lipinski definition) is 2. The Morgan fingerprint density at radius 1 is 1.03 bits per heavy atom. The van der Waals surface area contributed by atoms with Gasteiger partial charge in [-0.25, -0.2) is 9.59 Å². The van der Waals surface area contributed by atoms with Crippen molar-refractivity contribution in [1.29, 1.82) is 0 Å². The molecule has 0 saturated carbocycles. The largest absolute Gasteiger partial charge is 0.492 e. The van der Waals surface area contributed by atoms with E-state index in [1.165, 1.54) is 19.3 Å². The van der Waals surface area contributed by atoms with E-state index in [2.05, 4.69) is 26.1 Å². The average molecular weight is 451 g/mol. The van der Waals surface area contributed by atoms with Gasteiger partial charge in [-0.2, -0.15) is 0 Å². The molecule has 0 saturated heterocycles. The molecule has 0 fully saturated rings. The third kappa shape index (κ3) is 11.9. The molecule has 1 aromatic rings. The van der Waals surface area contributed by atoms with Crippen molar-refractivity contribution in [1.82, 2.24) is 10.2 Å². The van der Waals surface area contributed by atoms with Crippen LogP contribution in [0.3, 0.4) is 0 Å². The van der Waals surface area contributed by atoms with Crippen LogP contribution < -0.4 is 10.1 Å². The van der Waals surface area contributed by atoms with Crippen LogP contribution in [0.15, 0.2) is 24.3 Å². The molecule has 0 heterocycles. The number of carbonyl (C=O) groups is 2. The Labute approximate surface area is 193 Å². The minimum Gasteiger partial charge on any atom is -0.492 e. The number of unbranched alkanes of at least 4 members (excludes halogenated alkanes) is 4. The van der Waals surface area contributed by atoms with Crippen LogP contribution in [0.25, 0.3) is 0 Å². The van der Waals surface area contributed by atoms with Crippen LogP contribution in [0.2, 0.25) is 0 Å². The predicted molar refractivity (Wildman–Crippen MR) is 127 cm³/mol. The third-order valence-electron chi connectivity index (χ3n) is 5.10. The fourth-order valence-corrected chi connectivity index (χ4v) is 3.25. The Morgan fingerprint density at radius 3 is 2.31 bits per heavy atom. The second-order valence-electron chi connectivity index (χ2n) is 8.46. The van der Waals surface area contributed by atoms with Crippen LogP contribution in [0.5, 0.6) is 5.75 Å². The summed E-state index contributed by atoms with van der Waals surface area (Å²) in [6.07, 6.45) is 5.22. The highest BCUT2D eigenvalue weighted by atomic mass is 16.5. The fourth-order valence-electron chi connectivity index (χ4n) is 3.25. The van der Waals surface area contributed by atoms with Gasteiger partial charge in [-0.1, -0.05) is 58.6 Å². The summed E-state index contributed by atoms with van der Waals surface area (Å²) in [6.45, 7) is 10.8. The number of ether oxygens (including phenoxy) is 2. The lowest BCUT2D eigenvalue weighted by atomic mass is 10.1. The van der Waals surface area contributed by atoms with E-state index in [0.717, 1.165) is 24.9 Å². The highest BCUT2D eigenvalue weighted by Gasteiger charge is 2.18. The van der Waals surface area contributed by atoms with Crippen LogP contribution >= 0.6 is 0 Å². The Morgan fingerprint density at radius 2 is 1.72 bits per heavy atom. The molecule has 0 spiro atoms. The van der Waals surface area contributed by atoms with Gasteiger partial charge < -0.3 is 24.8 Å². The number of carboxylic acids is 1. The molecular formula is C25H42N2O5. The smallest absolute Gasteiger partial charge is 0.333 e. The molecule has 2 amide bonds. The number of nitrogens with zero attached hydrogens (tertiary/aromatic N) is 1. The molecule has 2 N–H and O–H groups in total. The van der Waals surface area contributed by atoms with Crippen LogP contribution in [0.1, 0.15) is 65.4 Å². The van der Waals surface area contributed by atoms with Gasteiger partial charge in [0.1, 0.15) is 12.4 Å². The summed E-state index contributed by atoms with van der Waals surface area (Å²) in [5, 5.41) is 12.2. The van der Waals surface area contributed by atoms with Gasteiger partial charge in [0.25, 0.3) is 0 Å². The Kier molecular flexibility index (Phi) is 14.2. The summed E-state index contributed by atoms with van der Waals surface area (Å²) in [7, 11) is 0. The molecule has 0 radical (unpaired) electrons. The van der Waals surface area contributed by atoms with Crippen LogP contribution in [0.4, 0.5) is 4.79 Å². The molecule has 1 rings (SSSR count). The van der Waals surface area contributed by atoms with Crippen LogP contribution in [-0.4, -0.2) is 61.0 Å². The molecule has 0 aliphatic rings. The Hall–Kier alpha value is -2.28. The first kappa shape index (κ1) is 27.8. The van der Waals surface area contributed by atoms with Gasteiger partial charge >= 0.3 is 12.0 Å². The normalized spacial score (nSPS) is 11.9. The first-order valence-electron chi connectivity index (χ1n) is 12.0. The molecule has 0 aliphatic carbocycles. The summed E-state index contributed by atoms with van der Waals surface area (Å²) in [5.41, 5.74) is 0.875. The minimum atomic E-state index is -0.960.